The van der Waals surface area contributed by atoms with Crippen LogP contribution in [0.1, 0.15) is 12.5 Å². The molecule has 0 heterocycles. The molecule has 0 atom stereocenters. The molecule has 0 aliphatic heterocycles. The lowest BCUT2D eigenvalue weighted by Gasteiger charge is -2.19. The van der Waals surface area contributed by atoms with Crippen molar-refractivity contribution in [1.29, 1.82) is 0 Å². The van der Waals surface area contributed by atoms with Crippen LogP contribution in [0.15, 0.2) is 49.1 Å². The molecule has 0 aromatic heterocycles. The van der Waals surface area contributed by atoms with E-state index >= 15 is 0 Å². The van der Waals surface area contributed by atoms with Crippen molar-refractivity contribution in [2.75, 3.05) is 7.05 Å². The molecule has 0 fully saturated rings. The normalized spacial score (nSPS) is 10.9. The van der Waals surface area contributed by atoms with Crippen LogP contribution in [-0.4, -0.2) is 17.9 Å². The number of benzene rings is 1. The van der Waals surface area contributed by atoms with Crippen molar-refractivity contribution >= 4 is 11.6 Å². The van der Waals surface area contributed by atoms with E-state index < -0.39 is 0 Å². The summed E-state index contributed by atoms with van der Waals surface area (Å²) in [4.78, 5) is 12.9. The zero-order valence-electron chi connectivity index (χ0n) is 9.10. The minimum absolute atomic E-state index is 0.00644. The molecule has 0 aliphatic carbocycles. The summed E-state index contributed by atoms with van der Waals surface area (Å²) in [5.41, 5.74) is 1.87. The molecule has 1 amide bonds. The Labute approximate surface area is 90.5 Å². The minimum atomic E-state index is 0.00644. The first kappa shape index (κ1) is 11.2. The number of hydrogen-bond donors (Lipinski definition) is 0. The summed E-state index contributed by atoms with van der Waals surface area (Å²) in [5, 5.41) is 0. The average Bonchev–Trinajstić information content (AvgIpc) is 2.26. The fraction of sp³-hybridized carbons (Fsp3) is 0.154. The minimum Gasteiger partial charge on any atom is -0.315 e. The second kappa shape index (κ2) is 5.15. The molecular weight excluding hydrogens is 186 g/mol. The van der Waals surface area contributed by atoms with E-state index in [1.807, 2.05) is 36.4 Å². The van der Waals surface area contributed by atoms with E-state index in [0.717, 1.165) is 11.3 Å². The third kappa shape index (κ3) is 2.81. The van der Waals surface area contributed by atoms with Crippen molar-refractivity contribution in [2.24, 2.45) is 0 Å². The summed E-state index contributed by atoms with van der Waals surface area (Å²) in [6.07, 6.45) is 3.51. The molecule has 78 valence electrons. The van der Waals surface area contributed by atoms with E-state index in [1.165, 1.54) is 0 Å². The van der Waals surface area contributed by atoms with Crippen molar-refractivity contribution in [3.05, 3.63) is 54.6 Å². The quantitative estimate of drug-likeness (QED) is 0.688. The molecule has 1 aromatic carbocycles. The maximum Gasteiger partial charge on any atom is 0.223 e. The van der Waals surface area contributed by atoms with Crippen molar-refractivity contribution in [1.82, 2.24) is 4.90 Å². The van der Waals surface area contributed by atoms with Crippen molar-refractivity contribution in [3.63, 3.8) is 0 Å². The highest BCUT2D eigenvalue weighted by Gasteiger charge is 2.09. The summed E-state index contributed by atoms with van der Waals surface area (Å²) in [7, 11) is 1.75. The Bertz CT molecular complexity index is 379. The zero-order valence-corrected chi connectivity index (χ0v) is 9.10. The molecule has 0 saturated heterocycles. The summed E-state index contributed by atoms with van der Waals surface area (Å²) in [5.74, 6) is 0.00644. The Morgan fingerprint density at radius 2 is 1.93 bits per heavy atom. The summed E-state index contributed by atoms with van der Waals surface area (Å²) in [6.45, 7) is 5.19. The van der Waals surface area contributed by atoms with Gasteiger partial charge in [0, 0.05) is 14.0 Å². The number of carbonyl (C=O) groups is 1. The Balaban J connectivity index is 3.10. The van der Waals surface area contributed by atoms with Gasteiger partial charge in [-0.15, -0.1) is 0 Å². The van der Waals surface area contributed by atoms with Gasteiger partial charge in [0.1, 0.15) is 0 Å². The van der Waals surface area contributed by atoms with Crippen molar-refractivity contribution in [2.45, 2.75) is 6.92 Å². The number of nitrogens with zero attached hydrogens (tertiary/aromatic N) is 1. The van der Waals surface area contributed by atoms with Crippen molar-refractivity contribution < 1.29 is 4.79 Å². The van der Waals surface area contributed by atoms with Crippen LogP contribution < -0.4 is 0 Å². The number of hydrogen-bond acceptors (Lipinski definition) is 1. The van der Waals surface area contributed by atoms with Crippen molar-refractivity contribution in [3.8, 4) is 0 Å². The van der Waals surface area contributed by atoms with Gasteiger partial charge in [-0.05, 0) is 11.6 Å². The van der Waals surface area contributed by atoms with Gasteiger partial charge < -0.3 is 4.90 Å². The smallest absolute Gasteiger partial charge is 0.223 e. The third-order valence-electron chi connectivity index (χ3n) is 2.18. The fourth-order valence-electron chi connectivity index (χ4n) is 1.29. The molecule has 0 unspecified atom stereocenters. The molecule has 2 heteroatoms. The Morgan fingerprint density at radius 3 is 2.40 bits per heavy atom. The van der Waals surface area contributed by atoms with Crippen LogP contribution in [0.5, 0.6) is 0 Å². The van der Waals surface area contributed by atoms with E-state index in [2.05, 4.69) is 6.58 Å². The third-order valence-corrected chi connectivity index (χ3v) is 2.18. The SMILES string of the molecule is C=C/C=C(/c1ccccc1)N(C)C(C)=O. The molecular formula is C13H15NO. The maximum absolute atomic E-state index is 11.3. The molecule has 0 bridgehead atoms. The first-order valence-electron chi connectivity index (χ1n) is 4.79. The molecule has 15 heavy (non-hydrogen) atoms. The number of rotatable bonds is 3. The largest absolute Gasteiger partial charge is 0.315 e. The van der Waals surface area contributed by atoms with Crippen LogP contribution in [0.2, 0.25) is 0 Å². The Morgan fingerprint density at radius 1 is 1.33 bits per heavy atom. The number of amides is 1. The maximum atomic E-state index is 11.3. The van der Waals surface area contributed by atoms with Gasteiger partial charge in [0.05, 0.1) is 5.70 Å². The standard InChI is InChI=1S/C13H15NO/c1-4-8-13(14(3)11(2)15)12-9-6-5-7-10-12/h4-10H,1H2,2-3H3/b13-8-. The first-order valence-corrected chi connectivity index (χ1v) is 4.79. The molecule has 0 radical (unpaired) electrons. The van der Waals surface area contributed by atoms with Crippen LogP contribution in [-0.2, 0) is 4.79 Å². The van der Waals surface area contributed by atoms with Gasteiger partial charge in [-0.2, -0.15) is 0 Å². The summed E-state index contributed by atoms with van der Waals surface area (Å²) < 4.78 is 0. The lowest BCUT2D eigenvalue weighted by Crippen LogP contribution is -2.22. The highest BCUT2D eigenvalue weighted by Crippen LogP contribution is 2.17. The van der Waals surface area contributed by atoms with Gasteiger partial charge in [0.15, 0.2) is 0 Å². The molecule has 1 aromatic rings. The van der Waals surface area contributed by atoms with Gasteiger partial charge in [0.25, 0.3) is 0 Å². The zero-order chi connectivity index (χ0) is 11.3. The van der Waals surface area contributed by atoms with Crippen LogP contribution in [0.25, 0.3) is 5.70 Å². The Kier molecular flexibility index (Phi) is 3.86. The number of carbonyl (C=O) groups excluding carboxylic acids is 1. The molecule has 0 N–H and O–H groups in total. The van der Waals surface area contributed by atoms with Gasteiger partial charge in [0.2, 0.25) is 5.91 Å². The number of allylic oxidation sites excluding steroid dienone is 2. The predicted molar refractivity (Wildman–Crippen MR) is 63.1 cm³/mol. The lowest BCUT2D eigenvalue weighted by atomic mass is 10.1. The van der Waals surface area contributed by atoms with Gasteiger partial charge >= 0.3 is 0 Å². The van der Waals surface area contributed by atoms with Gasteiger partial charge in [-0.1, -0.05) is 43.0 Å². The topological polar surface area (TPSA) is 20.3 Å². The van der Waals surface area contributed by atoms with Crippen LogP contribution in [0, 0.1) is 0 Å². The van der Waals surface area contributed by atoms with Crippen LogP contribution in [0.4, 0.5) is 0 Å². The van der Waals surface area contributed by atoms with Gasteiger partial charge in [-0.3, -0.25) is 4.79 Å². The first-order chi connectivity index (χ1) is 7.16. The van der Waals surface area contributed by atoms with Crippen LogP contribution >= 0.6 is 0 Å². The van der Waals surface area contributed by atoms with Gasteiger partial charge in [-0.25, -0.2) is 0 Å². The molecule has 2 nitrogen and oxygen atoms in total. The van der Waals surface area contributed by atoms with E-state index in [1.54, 1.807) is 24.9 Å². The molecule has 0 spiro atoms. The van der Waals surface area contributed by atoms with E-state index in [-0.39, 0.29) is 5.91 Å². The fourth-order valence-corrected chi connectivity index (χ4v) is 1.29. The van der Waals surface area contributed by atoms with E-state index in [0.29, 0.717) is 0 Å². The summed E-state index contributed by atoms with van der Waals surface area (Å²) >= 11 is 0. The molecule has 1 rings (SSSR count). The van der Waals surface area contributed by atoms with E-state index in [9.17, 15) is 4.79 Å². The van der Waals surface area contributed by atoms with Crippen LogP contribution in [0.3, 0.4) is 0 Å². The second-order valence-electron chi connectivity index (χ2n) is 3.23. The molecule has 0 saturated carbocycles. The van der Waals surface area contributed by atoms with E-state index in [4.69, 9.17) is 0 Å². The highest BCUT2D eigenvalue weighted by atomic mass is 16.2. The Hall–Kier alpha value is -1.83. The molecule has 0 aliphatic rings. The second-order valence-corrected chi connectivity index (χ2v) is 3.23. The highest BCUT2D eigenvalue weighted by molar-refractivity contribution is 5.85. The lowest BCUT2D eigenvalue weighted by molar-refractivity contribution is -0.124. The summed E-state index contributed by atoms with van der Waals surface area (Å²) in [6, 6.07) is 9.77. The monoisotopic (exact) mass is 201 g/mol. The predicted octanol–water partition coefficient (Wildman–Crippen LogP) is 2.69. The average molecular weight is 201 g/mol.